The summed E-state index contributed by atoms with van der Waals surface area (Å²) in [4.78, 5) is 20.0. The number of nitrogens with zero attached hydrogens (tertiary/aromatic N) is 2. The Morgan fingerprint density at radius 2 is 2.00 bits per heavy atom. The van der Waals surface area contributed by atoms with Crippen molar-refractivity contribution in [1.82, 2.24) is 10.3 Å². The summed E-state index contributed by atoms with van der Waals surface area (Å²) in [6.07, 6.45) is 1.37. The summed E-state index contributed by atoms with van der Waals surface area (Å²) in [6.45, 7) is 8.21. The predicted octanol–water partition coefficient (Wildman–Crippen LogP) is 4.47. The molecule has 0 atom stereocenters. The highest BCUT2D eigenvalue weighted by molar-refractivity contribution is 5.98. The van der Waals surface area contributed by atoms with Gasteiger partial charge >= 0.3 is 0 Å². The summed E-state index contributed by atoms with van der Waals surface area (Å²) in [6, 6.07) is 15.6. The van der Waals surface area contributed by atoms with Gasteiger partial charge in [0.25, 0.3) is 0 Å². The Balaban J connectivity index is 2.19. The molecule has 2 aromatic carbocycles. The van der Waals surface area contributed by atoms with Crippen molar-refractivity contribution in [1.29, 1.82) is 0 Å². The number of carbonyl (C=O) groups is 1. The molecule has 29 heavy (non-hydrogen) atoms. The quantitative estimate of drug-likeness (QED) is 0.369. The zero-order valence-electron chi connectivity index (χ0n) is 17.2. The third-order valence-electron chi connectivity index (χ3n) is 4.87. The largest absolute Gasteiger partial charge is 0.488 e. The number of aromatic nitrogens is 1. The van der Waals surface area contributed by atoms with E-state index in [1.54, 1.807) is 0 Å². The Labute approximate surface area is 170 Å². The molecule has 0 radical (unpaired) electrons. The van der Waals surface area contributed by atoms with Crippen LogP contribution >= 0.6 is 0 Å². The number of hydrogen-bond acceptors (Lipinski definition) is 4. The SMILES string of the molecule is CCC(C)(C)Oc1ccc2nc(-c3ccccc3C)cc(N=C(N)NC=O)c2c1. The van der Waals surface area contributed by atoms with Crippen LogP contribution in [0, 0.1) is 6.92 Å². The van der Waals surface area contributed by atoms with Gasteiger partial charge in [-0.15, -0.1) is 0 Å². The van der Waals surface area contributed by atoms with Crippen LogP contribution in [0.3, 0.4) is 0 Å². The minimum Gasteiger partial charge on any atom is -0.488 e. The number of guanidine groups is 1. The zero-order valence-corrected chi connectivity index (χ0v) is 17.2. The number of fused-ring (bicyclic) bond motifs is 1. The Morgan fingerprint density at radius 1 is 1.24 bits per heavy atom. The minimum absolute atomic E-state index is 0.0171. The summed E-state index contributed by atoms with van der Waals surface area (Å²) in [5.41, 5.74) is 9.85. The Bertz CT molecular complexity index is 1070. The van der Waals surface area contributed by atoms with E-state index in [1.165, 1.54) is 0 Å². The van der Waals surface area contributed by atoms with Crippen molar-refractivity contribution >= 4 is 29.0 Å². The van der Waals surface area contributed by atoms with Gasteiger partial charge in [0.15, 0.2) is 5.96 Å². The molecule has 0 aliphatic rings. The van der Waals surface area contributed by atoms with Crippen molar-refractivity contribution in [2.24, 2.45) is 10.7 Å². The molecule has 6 heteroatoms. The van der Waals surface area contributed by atoms with Crippen molar-refractivity contribution in [3.8, 4) is 17.0 Å². The van der Waals surface area contributed by atoms with Crippen molar-refractivity contribution in [3.63, 3.8) is 0 Å². The second kappa shape index (κ2) is 8.31. The molecule has 3 N–H and O–H groups in total. The number of carbonyl (C=O) groups excluding carboxylic acids is 1. The van der Waals surface area contributed by atoms with E-state index in [4.69, 9.17) is 15.5 Å². The normalized spacial score (nSPS) is 12.1. The number of pyridine rings is 1. The molecule has 0 aliphatic heterocycles. The summed E-state index contributed by atoms with van der Waals surface area (Å²) in [5.74, 6) is 0.747. The summed E-state index contributed by atoms with van der Waals surface area (Å²) in [5, 5.41) is 3.18. The molecule has 3 aromatic rings. The van der Waals surface area contributed by atoms with Crippen LogP contribution in [0.2, 0.25) is 0 Å². The van der Waals surface area contributed by atoms with Crippen LogP contribution in [0.1, 0.15) is 32.8 Å². The number of amides is 1. The number of nitrogens with one attached hydrogen (secondary N) is 1. The molecule has 0 bridgehead atoms. The van der Waals surface area contributed by atoms with Crippen molar-refractivity contribution in [2.45, 2.75) is 39.7 Å². The lowest BCUT2D eigenvalue weighted by Crippen LogP contribution is -2.29. The van der Waals surface area contributed by atoms with E-state index in [2.05, 4.69) is 17.2 Å². The molecule has 0 spiro atoms. The highest BCUT2D eigenvalue weighted by Gasteiger charge is 2.18. The lowest BCUT2D eigenvalue weighted by atomic mass is 10.0. The second-order valence-electron chi connectivity index (χ2n) is 7.50. The van der Waals surface area contributed by atoms with Gasteiger partial charge in [0.1, 0.15) is 11.4 Å². The first kappa shape index (κ1) is 20.3. The van der Waals surface area contributed by atoms with E-state index < -0.39 is 0 Å². The summed E-state index contributed by atoms with van der Waals surface area (Å²) >= 11 is 0. The molecular formula is C23H26N4O2. The van der Waals surface area contributed by atoms with Gasteiger partial charge in [0.05, 0.1) is 16.9 Å². The molecule has 3 rings (SSSR count). The fraction of sp³-hybridized carbons (Fsp3) is 0.261. The number of hydrogen-bond donors (Lipinski definition) is 2. The van der Waals surface area contributed by atoms with Crippen molar-refractivity contribution in [3.05, 3.63) is 54.1 Å². The molecule has 1 aromatic heterocycles. The van der Waals surface area contributed by atoms with Gasteiger partial charge in [-0.05, 0) is 57.0 Å². The third kappa shape index (κ3) is 4.71. The highest BCUT2D eigenvalue weighted by Crippen LogP contribution is 2.34. The number of ether oxygens (including phenoxy) is 1. The van der Waals surface area contributed by atoms with Crippen molar-refractivity contribution in [2.75, 3.05) is 0 Å². The molecular weight excluding hydrogens is 364 g/mol. The van der Waals surface area contributed by atoms with Crippen LogP contribution in [-0.4, -0.2) is 23.0 Å². The summed E-state index contributed by atoms with van der Waals surface area (Å²) < 4.78 is 6.12. The van der Waals surface area contributed by atoms with E-state index in [9.17, 15) is 4.79 Å². The molecule has 6 nitrogen and oxygen atoms in total. The van der Waals surface area contributed by atoms with E-state index in [0.717, 1.165) is 39.9 Å². The van der Waals surface area contributed by atoms with Crippen LogP contribution in [0.15, 0.2) is 53.5 Å². The van der Waals surface area contributed by atoms with Gasteiger partial charge in [0, 0.05) is 10.9 Å². The molecule has 0 aliphatic carbocycles. The standard InChI is InChI=1S/C23H26N4O2/c1-5-23(3,4)29-16-10-11-19-18(12-16)21(27-22(24)25-14-28)13-20(26-19)17-9-7-6-8-15(17)2/h6-14H,5H2,1-4H3,(H3,24,25,26,27,28). The van der Waals surface area contributed by atoms with Crippen molar-refractivity contribution < 1.29 is 9.53 Å². The van der Waals surface area contributed by atoms with Crippen LogP contribution in [-0.2, 0) is 4.79 Å². The molecule has 0 fully saturated rings. The van der Waals surface area contributed by atoms with Gasteiger partial charge in [-0.3, -0.25) is 10.1 Å². The van der Waals surface area contributed by atoms with E-state index in [1.807, 2.05) is 69.3 Å². The molecule has 0 saturated carbocycles. The fourth-order valence-corrected chi connectivity index (χ4v) is 2.95. The number of aliphatic imine (C=N–C) groups is 1. The first-order chi connectivity index (χ1) is 13.8. The molecule has 0 saturated heterocycles. The predicted molar refractivity (Wildman–Crippen MR) is 117 cm³/mol. The maximum atomic E-state index is 10.7. The minimum atomic E-state index is -0.288. The summed E-state index contributed by atoms with van der Waals surface area (Å²) in [7, 11) is 0. The third-order valence-corrected chi connectivity index (χ3v) is 4.87. The number of nitrogens with two attached hydrogens (primary N) is 1. The Kier molecular flexibility index (Phi) is 5.82. The maximum Gasteiger partial charge on any atom is 0.213 e. The van der Waals surface area contributed by atoms with E-state index in [-0.39, 0.29) is 11.6 Å². The average Bonchev–Trinajstić information content (AvgIpc) is 2.68. The van der Waals surface area contributed by atoms with Crippen LogP contribution in [0.25, 0.3) is 22.2 Å². The van der Waals surface area contributed by atoms with Gasteiger partial charge in [-0.1, -0.05) is 31.2 Å². The number of aryl methyl sites for hydroxylation is 1. The van der Waals surface area contributed by atoms with E-state index >= 15 is 0 Å². The van der Waals surface area contributed by atoms with Gasteiger partial charge in [-0.2, -0.15) is 0 Å². The zero-order chi connectivity index (χ0) is 21.0. The van der Waals surface area contributed by atoms with Gasteiger partial charge in [0.2, 0.25) is 6.41 Å². The number of rotatable bonds is 6. The molecule has 150 valence electrons. The van der Waals surface area contributed by atoms with Crippen LogP contribution < -0.4 is 15.8 Å². The first-order valence-electron chi connectivity index (χ1n) is 9.57. The molecule has 0 unspecified atom stereocenters. The smallest absolute Gasteiger partial charge is 0.213 e. The fourth-order valence-electron chi connectivity index (χ4n) is 2.95. The Morgan fingerprint density at radius 3 is 2.69 bits per heavy atom. The second-order valence-corrected chi connectivity index (χ2v) is 7.50. The topological polar surface area (TPSA) is 89.6 Å². The number of benzene rings is 2. The monoisotopic (exact) mass is 390 g/mol. The van der Waals surface area contributed by atoms with Gasteiger partial charge < -0.3 is 10.5 Å². The Hall–Kier alpha value is -3.41. The van der Waals surface area contributed by atoms with Gasteiger partial charge in [-0.25, -0.2) is 9.98 Å². The molecule has 1 amide bonds. The average molecular weight is 390 g/mol. The lowest BCUT2D eigenvalue weighted by molar-refractivity contribution is -0.108. The maximum absolute atomic E-state index is 10.7. The highest BCUT2D eigenvalue weighted by atomic mass is 16.5. The van der Waals surface area contributed by atoms with Crippen LogP contribution in [0.5, 0.6) is 5.75 Å². The lowest BCUT2D eigenvalue weighted by Gasteiger charge is -2.25. The van der Waals surface area contributed by atoms with Crippen LogP contribution in [0.4, 0.5) is 5.69 Å². The molecule has 1 heterocycles. The first-order valence-corrected chi connectivity index (χ1v) is 9.57. The van der Waals surface area contributed by atoms with E-state index in [0.29, 0.717) is 12.1 Å².